The molecule has 100 valence electrons. The molecule has 1 rings (SSSR count). The van der Waals surface area contributed by atoms with E-state index in [-0.39, 0.29) is 17.5 Å². The molecule has 5 heteroatoms. The molecule has 0 saturated heterocycles. The van der Waals surface area contributed by atoms with Crippen molar-refractivity contribution in [3.05, 3.63) is 34.2 Å². The molecule has 0 aliphatic heterocycles. The average Bonchev–Trinajstić information content (AvgIpc) is 2.32. The van der Waals surface area contributed by atoms with E-state index in [0.29, 0.717) is 18.7 Å². The number of ether oxygens (including phenoxy) is 1. The molecule has 1 heterocycles. The largest absolute Gasteiger partial charge is 0.383 e. The highest BCUT2D eigenvalue weighted by molar-refractivity contribution is 5.94. The number of aryl methyl sites for hydroxylation is 1. The number of carbonyl (C=O) groups is 1. The van der Waals surface area contributed by atoms with Gasteiger partial charge in [0.15, 0.2) is 0 Å². The molecule has 0 aliphatic rings. The normalized spacial score (nSPS) is 10.7. The summed E-state index contributed by atoms with van der Waals surface area (Å²) in [6.07, 6.45) is 1.60. The van der Waals surface area contributed by atoms with Crippen molar-refractivity contribution >= 4 is 5.91 Å². The van der Waals surface area contributed by atoms with Gasteiger partial charge in [0.05, 0.1) is 6.61 Å². The lowest BCUT2D eigenvalue weighted by Gasteiger charge is -2.26. The molecule has 5 nitrogen and oxygen atoms in total. The van der Waals surface area contributed by atoms with Crippen molar-refractivity contribution in [2.75, 3.05) is 20.3 Å². The topological polar surface area (TPSA) is 51.5 Å². The predicted octanol–water partition coefficient (Wildman–Crippen LogP) is 0.882. The summed E-state index contributed by atoms with van der Waals surface area (Å²) in [5.74, 6) is -0.139. The molecule has 0 fully saturated rings. The third-order valence-electron chi connectivity index (χ3n) is 2.77. The van der Waals surface area contributed by atoms with Crippen LogP contribution < -0.4 is 5.56 Å². The number of hydrogen-bond acceptors (Lipinski definition) is 3. The zero-order valence-corrected chi connectivity index (χ0v) is 11.3. The fourth-order valence-corrected chi connectivity index (χ4v) is 1.63. The molecule has 0 atom stereocenters. The van der Waals surface area contributed by atoms with Crippen molar-refractivity contribution in [1.29, 1.82) is 0 Å². The maximum Gasteiger partial charge on any atom is 0.254 e. The lowest BCUT2D eigenvalue weighted by Crippen LogP contribution is -2.39. The van der Waals surface area contributed by atoms with Gasteiger partial charge in [-0.2, -0.15) is 0 Å². The summed E-state index contributed by atoms with van der Waals surface area (Å²) in [5, 5.41) is 0. The van der Waals surface area contributed by atoms with Gasteiger partial charge in [0.2, 0.25) is 0 Å². The quantitative estimate of drug-likeness (QED) is 0.781. The Morgan fingerprint density at radius 1 is 1.50 bits per heavy atom. The SMILES string of the molecule is COCCN(C(=O)c1ccn(C)c(=O)c1)C(C)C. The van der Waals surface area contributed by atoms with E-state index in [1.54, 1.807) is 31.3 Å². The summed E-state index contributed by atoms with van der Waals surface area (Å²) in [4.78, 5) is 25.5. The maximum atomic E-state index is 12.3. The number of nitrogens with zero attached hydrogens (tertiary/aromatic N) is 2. The summed E-state index contributed by atoms with van der Waals surface area (Å²) >= 11 is 0. The van der Waals surface area contributed by atoms with Gasteiger partial charge in [0.1, 0.15) is 0 Å². The minimum Gasteiger partial charge on any atom is -0.383 e. The number of rotatable bonds is 5. The molecule has 0 unspecified atom stereocenters. The van der Waals surface area contributed by atoms with Gasteiger partial charge in [-0.15, -0.1) is 0 Å². The summed E-state index contributed by atoms with van der Waals surface area (Å²) in [6, 6.07) is 3.09. The van der Waals surface area contributed by atoms with E-state index >= 15 is 0 Å². The fourth-order valence-electron chi connectivity index (χ4n) is 1.63. The van der Waals surface area contributed by atoms with Gasteiger partial charge in [0.25, 0.3) is 11.5 Å². The van der Waals surface area contributed by atoms with Gasteiger partial charge < -0.3 is 14.2 Å². The Labute approximate surface area is 107 Å². The third-order valence-corrected chi connectivity index (χ3v) is 2.77. The van der Waals surface area contributed by atoms with Gasteiger partial charge in [-0.25, -0.2) is 0 Å². The van der Waals surface area contributed by atoms with Crippen LogP contribution in [-0.4, -0.2) is 41.7 Å². The van der Waals surface area contributed by atoms with Crippen LogP contribution in [0, 0.1) is 0 Å². The lowest BCUT2D eigenvalue weighted by molar-refractivity contribution is 0.0634. The fraction of sp³-hybridized carbons (Fsp3) is 0.538. The molecule has 0 aliphatic carbocycles. The van der Waals surface area contributed by atoms with E-state index in [1.165, 1.54) is 10.6 Å². The summed E-state index contributed by atoms with van der Waals surface area (Å²) < 4.78 is 6.43. The van der Waals surface area contributed by atoms with E-state index in [0.717, 1.165) is 0 Å². The second kappa shape index (κ2) is 6.35. The summed E-state index contributed by atoms with van der Waals surface area (Å²) in [7, 11) is 3.25. The summed E-state index contributed by atoms with van der Waals surface area (Å²) in [5.41, 5.74) is 0.235. The zero-order chi connectivity index (χ0) is 13.7. The summed E-state index contributed by atoms with van der Waals surface area (Å²) in [6.45, 7) is 4.88. The van der Waals surface area contributed by atoms with Crippen molar-refractivity contribution in [3.8, 4) is 0 Å². The molecule has 1 aromatic heterocycles. The van der Waals surface area contributed by atoms with Crippen molar-refractivity contribution in [2.45, 2.75) is 19.9 Å². The molecular formula is C13H20N2O3. The molecule has 1 amide bonds. The second-order valence-electron chi connectivity index (χ2n) is 4.45. The first-order valence-corrected chi connectivity index (χ1v) is 5.94. The van der Waals surface area contributed by atoms with Gasteiger partial charge in [-0.1, -0.05) is 0 Å². The predicted molar refractivity (Wildman–Crippen MR) is 69.7 cm³/mol. The van der Waals surface area contributed by atoms with Gasteiger partial charge in [0, 0.05) is 44.6 Å². The standard InChI is InChI=1S/C13H20N2O3/c1-10(2)15(7-8-18-4)13(17)11-5-6-14(3)12(16)9-11/h5-6,9-10H,7-8H2,1-4H3. The highest BCUT2D eigenvalue weighted by Gasteiger charge is 2.18. The van der Waals surface area contributed by atoms with Crippen LogP contribution in [0.5, 0.6) is 0 Å². The number of amides is 1. The van der Waals surface area contributed by atoms with E-state index in [1.807, 2.05) is 13.8 Å². The molecule has 0 saturated carbocycles. The van der Waals surface area contributed by atoms with E-state index in [2.05, 4.69) is 0 Å². The minimum absolute atomic E-state index is 0.0664. The van der Waals surface area contributed by atoms with E-state index < -0.39 is 0 Å². The highest BCUT2D eigenvalue weighted by atomic mass is 16.5. The van der Waals surface area contributed by atoms with Crippen LogP contribution in [0.25, 0.3) is 0 Å². The number of hydrogen-bond donors (Lipinski definition) is 0. The Hall–Kier alpha value is -1.62. The van der Waals surface area contributed by atoms with Crippen LogP contribution in [0.2, 0.25) is 0 Å². The minimum atomic E-state index is -0.184. The van der Waals surface area contributed by atoms with Gasteiger partial charge >= 0.3 is 0 Å². The first-order valence-electron chi connectivity index (χ1n) is 5.94. The van der Waals surface area contributed by atoms with Crippen LogP contribution in [0.15, 0.2) is 23.1 Å². The van der Waals surface area contributed by atoms with Crippen LogP contribution in [0.1, 0.15) is 24.2 Å². The number of pyridine rings is 1. The van der Waals surface area contributed by atoms with Crippen molar-refractivity contribution in [2.24, 2.45) is 7.05 Å². The Bertz CT molecular complexity index is 466. The van der Waals surface area contributed by atoms with Crippen LogP contribution in [0.4, 0.5) is 0 Å². The van der Waals surface area contributed by atoms with Crippen molar-refractivity contribution in [3.63, 3.8) is 0 Å². The molecule has 0 aromatic carbocycles. The Kier molecular flexibility index (Phi) is 5.09. The van der Waals surface area contributed by atoms with Crippen LogP contribution in [-0.2, 0) is 11.8 Å². The first-order chi connectivity index (χ1) is 8.47. The Morgan fingerprint density at radius 3 is 2.67 bits per heavy atom. The van der Waals surface area contributed by atoms with Crippen LogP contribution >= 0.6 is 0 Å². The van der Waals surface area contributed by atoms with E-state index in [4.69, 9.17) is 4.74 Å². The smallest absolute Gasteiger partial charge is 0.254 e. The monoisotopic (exact) mass is 252 g/mol. The molecule has 0 radical (unpaired) electrons. The molecule has 18 heavy (non-hydrogen) atoms. The highest BCUT2D eigenvalue weighted by Crippen LogP contribution is 2.06. The molecular weight excluding hydrogens is 232 g/mol. The number of methoxy groups -OCH3 is 1. The van der Waals surface area contributed by atoms with E-state index in [9.17, 15) is 9.59 Å². The average molecular weight is 252 g/mol. The van der Waals surface area contributed by atoms with Crippen molar-refractivity contribution in [1.82, 2.24) is 9.47 Å². The lowest BCUT2D eigenvalue weighted by atomic mass is 10.2. The number of aromatic nitrogens is 1. The molecule has 0 spiro atoms. The third kappa shape index (κ3) is 3.43. The van der Waals surface area contributed by atoms with Crippen molar-refractivity contribution < 1.29 is 9.53 Å². The van der Waals surface area contributed by atoms with Crippen LogP contribution in [0.3, 0.4) is 0 Å². The second-order valence-corrected chi connectivity index (χ2v) is 4.45. The first kappa shape index (κ1) is 14.4. The van der Waals surface area contributed by atoms with Gasteiger partial charge in [-0.3, -0.25) is 9.59 Å². The number of carbonyl (C=O) groups excluding carboxylic acids is 1. The molecule has 0 bridgehead atoms. The Morgan fingerprint density at radius 2 is 2.17 bits per heavy atom. The molecule has 0 N–H and O–H groups in total. The zero-order valence-electron chi connectivity index (χ0n) is 11.3. The molecule has 1 aromatic rings. The maximum absolute atomic E-state index is 12.3. The van der Waals surface area contributed by atoms with Gasteiger partial charge in [-0.05, 0) is 19.9 Å². The Balaban J connectivity index is 2.94.